The first-order valence-electron chi connectivity index (χ1n) is 8.16. The van der Waals surface area contributed by atoms with Crippen LogP contribution in [-0.4, -0.2) is 49.0 Å². The molecule has 1 rings (SSSR count). The third-order valence-electron chi connectivity index (χ3n) is 3.49. The summed E-state index contributed by atoms with van der Waals surface area (Å²) in [4.78, 5) is 6.89. The van der Waals surface area contributed by atoms with E-state index in [1.807, 2.05) is 11.8 Å². The monoisotopic (exact) mass is 464 g/mol. The predicted molar refractivity (Wildman–Crippen MR) is 120 cm³/mol. The number of thioether (sulfide) groups is 1. The fourth-order valence-electron chi connectivity index (χ4n) is 2.07. The molecule has 1 aromatic rings. The highest BCUT2D eigenvalue weighted by atomic mass is 127. The van der Waals surface area contributed by atoms with Gasteiger partial charge in [-0.3, -0.25) is 0 Å². The minimum atomic E-state index is 0. The highest BCUT2D eigenvalue weighted by Crippen LogP contribution is 2.19. The number of benzene rings is 1. The molecule has 0 heterocycles. The summed E-state index contributed by atoms with van der Waals surface area (Å²) in [5, 5.41) is 6.76. The van der Waals surface area contributed by atoms with Crippen LogP contribution in [0.2, 0.25) is 0 Å². The first-order valence-corrected chi connectivity index (χ1v) is 9.38. The van der Waals surface area contributed by atoms with Crippen LogP contribution in [0, 0.1) is 0 Å². The molecule has 0 amide bonds. The Morgan fingerprint density at radius 1 is 1.21 bits per heavy atom. The van der Waals surface area contributed by atoms with Crippen molar-refractivity contribution in [3.05, 3.63) is 35.4 Å². The summed E-state index contributed by atoms with van der Waals surface area (Å²) in [5.74, 6) is 0.882. The van der Waals surface area contributed by atoms with Gasteiger partial charge in [0.15, 0.2) is 5.96 Å². The van der Waals surface area contributed by atoms with E-state index in [1.54, 1.807) is 0 Å². The van der Waals surface area contributed by atoms with Gasteiger partial charge in [-0.25, -0.2) is 4.99 Å². The molecular formula is C18H33IN4S. The average molecular weight is 464 g/mol. The van der Waals surface area contributed by atoms with E-state index in [2.05, 4.69) is 80.9 Å². The van der Waals surface area contributed by atoms with E-state index in [4.69, 9.17) is 4.99 Å². The largest absolute Gasteiger partial charge is 0.357 e. The van der Waals surface area contributed by atoms with E-state index < -0.39 is 0 Å². The Bertz CT molecular complexity index is 504. The van der Waals surface area contributed by atoms with Gasteiger partial charge >= 0.3 is 0 Å². The number of hydrogen-bond donors (Lipinski definition) is 2. The SMILES string of the molecule is CCNC(=NCc1cccc(CN(C)C)c1)NCC(C)(C)SC.I. The Balaban J connectivity index is 0.00000529. The lowest BCUT2D eigenvalue weighted by atomic mass is 10.1. The smallest absolute Gasteiger partial charge is 0.191 e. The molecule has 24 heavy (non-hydrogen) atoms. The molecule has 0 atom stereocenters. The normalized spacial score (nSPS) is 12.0. The third-order valence-corrected chi connectivity index (χ3v) is 4.74. The van der Waals surface area contributed by atoms with Crippen LogP contribution in [0.25, 0.3) is 0 Å². The van der Waals surface area contributed by atoms with Crippen LogP contribution < -0.4 is 10.6 Å². The molecule has 0 aliphatic carbocycles. The summed E-state index contributed by atoms with van der Waals surface area (Å²) < 4.78 is 0.196. The standard InChI is InChI=1S/C18H32N4S.HI/c1-7-19-17(21-14-18(2,3)23-6)20-12-15-9-8-10-16(11-15)13-22(4)5;/h8-11H,7,12-14H2,1-6H3,(H2,19,20,21);1H. The lowest BCUT2D eigenvalue weighted by molar-refractivity contribution is 0.402. The van der Waals surface area contributed by atoms with Gasteiger partial charge in [-0.1, -0.05) is 24.3 Å². The number of hydrogen-bond acceptors (Lipinski definition) is 3. The number of nitrogens with zero attached hydrogens (tertiary/aromatic N) is 2. The summed E-state index contributed by atoms with van der Waals surface area (Å²) in [6.45, 7) is 9.97. The predicted octanol–water partition coefficient (Wildman–Crippen LogP) is 3.56. The quantitative estimate of drug-likeness (QED) is 0.351. The highest BCUT2D eigenvalue weighted by Gasteiger charge is 2.16. The lowest BCUT2D eigenvalue weighted by Crippen LogP contribution is -2.43. The topological polar surface area (TPSA) is 39.7 Å². The van der Waals surface area contributed by atoms with Crippen molar-refractivity contribution in [3.63, 3.8) is 0 Å². The van der Waals surface area contributed by atoms with Crippen molar-refractivity contribution in [1.29, 1.82) is 0 Å². The Morgan fingerprint density at radius 2 is 1.88 bits per heavy atom. The van der Waals surface area contributed by atoms with Crippen molar-refractivity contribution >= 4 is 41.7 Å². The summed E-state index contributed by atoms with van der Waals surface area (Å²) in [6, 6.07) is 8.65. The van der Waals surface area contributed by atoms with Gasteiger partial charge in [0, 0.05) is 24.4 Å². The summed E-state index contributed by atoms with van der Waals surface area (Å²) >= 11 is 1.86. The maximum Gasteiger partial charge on any atom is 0.191 e. The van der Waals surface area contributed by atoms with Crippen molar-refractivity contribution in [2.24, 2.45) is 4.99 Å². The molecule has 6 heteroatoms. The van der Waals surface area contributed by atoms with Gasteiger partial charge in [0.05, 0.1) is 6.54 Å². The second-order valence-electron chi connectivity index (χ2n) is 6.57. The number of halogens is 1. The molecule has 0 aliphatic rings. The molecule has 4 nitrogen and oxygen atoms in total. The van der Waals surface area contributed by atoms with Gasteiger partial charge in [-0.15, -0.1) is 24.0 Å². The van der Waals surface area contributed by atoms with Crippen molar-refractivity contribution < 1.29 is 0 Å². The van der Waals surface area contributed by atoms with Crippen molar-refractivity contribution in [3.8, 4) is 0 Å². The molecule has 0 saturated heterocycles. The van der Waals surface area contributed by atoms with Gasteiger partial charge in [0.25, 0.3) is 0 Å². The molecule has 2 N–H and O–H groups in total. The molecule has 138 valence electrons. The van der Waals surface area contributed by atoms with E-state index in [0.717, 1.165) is 25.6 Å². The van der Waals surface area contributed by atoms with Crippen LogP contribution in [0.1, 0.15) is 31.9 Å². The first-order chi connectivity index (χ1) is 10.9. The molecule has 0 saturated carbocycles. The van der Waals surface area contributed by atoms with E-state index in [1.165, 1.54) is 11.1 Å². The molecular weight excluding hydrogens is 431 g/mol. The first kappa shape index (κ1) is 23.5. The zero-order chi connectivity index (χ0) is 17.3. The van der Waals surface area contributed by atoms with Crippen LogP contribution in [0.3, 0.4) is 0 Å². The Kier molecular flexibility index (Phi) is 11.7. The number of nitrogens with one attached hydrogen (secondary N) is 2. The van der Waals surface area contributed by atoms with E-state index in [-0.39, 0.29) is 28.7 Å². The molecule has 1 aromatic carbocycles. The minimum absolute atomic E-state index is 0. The average Bonchev–Trinajstić information content (AvgIpc) is 2.50. The van der Waals surface area contributed by atoms with Gasteiger partial charge in [-0.05, 0) is 52.2 Å². The Hall–Kier alpha value is -0.470. The number of guanidine groups is 1. The van der Waals surface area contributed by atoms with Crippen LogP contribution in [0.15, 0.2) is 29.3 Å². The van der Waals surface area contributed by atoms with Crippen LogP contribution in [0.5, 0.6) is 0 Å². The summed E-state index contributed by atoms with van der Waals surface area (Å²) in [6.07, 6.45) is 2.14. The molecule has 0 aliphatic heterocycles. The molecule has 0 spiro atoms. The van der Waals surface area contributed by atoms with Crippen molar-refractivity contribution in [1.82, 2.24) is 15.5 Å². The van der Waals surface area contributed by atoms with Crippen molar-refractivity contribution in [2.75, 3.05) is 33.4 Å². The van der Waals surface area contributed by atoms with Gasteiger partial charge in [0.2, 0.25) is 0 Å². The highest BCUT2D eigenvalue weighted by molar-refractivity contribution is 14.0. The zero-order valence-electron chi connectivity index (χ0n) is 15.8. The minimum Gasteiger partial charge on any atom is -0.357 e. The molecule has 0 radical (unpaired) electrons. The van der Waals surface area contributed by atoms with Gasteiger partial charge in [0.1, 0.15) is 0 Å². The number of aliphatic imine (C=N–C) groups is 1. The maximum absolute atomic E-state index is 4.71. The van der Waals surface area contributed by atoms with E-state index >= 15 is 0 Å². The van der Waals surface area contributed by atoms with Gasteiger partial charge < -0.3 is 15.5 Å². The second-order valence-corrected chi connectivity index (χ2v) is 8.08. The second kappa shape index (κ2) is 12.0. The van der Waals surface area contributed by atoms with Gasteiger partial charge in [-0.2, -0.15) is 11.8 Å². The van der Waals surface area contributed by atoms with E-state index in [0.29, 0.717) is 6.54 Å². The summed E-state index contributed by atoms with van der Waals surface area (Å²) in [5.41, 5.74) is 2.56. The lowest BCUT2D eigenvalue weighted by Gasteiger charge is -2.23. The van der Waals surface area contributed by atoms with Crippen LogP contribution in [-0.2, 0) is 13.1 Å². The Labute approximate surface area is 169 Å². The van der Waals surface area contributed by atoms with Crippen LogP contribution >= 0.6 is 35.7 Å². The summed E-state index contributed by atoms with van der Waals surface area (Å²) in [7, 11) is 4.18. The fraction of sp³-hybridized carbons (Fsp3) is 0.611. The fourth-order valence-corrected chi connectivity index (χ4v) is 2.29. The molecule has 0 fully saturated rings. The Morgan fingerprint density at radius 3 is 2.46 bits per heavy atom. The maximum atomic E-state index is 4.71. The van der Waals surface area contributed by atoms with Crippen LogP contribution in [0.4, 0.5) is 0 Å². The molecule has 0 unspecified atom stereocenters. The van der Waals surface area contributed by atoms with Crippen molar-refractivity contribution in [2.45, 2.75) is 38.6 Å². The molecule has 0 aromatic heterocycles. The number of rotatable bonds is 8. The van der Waals surface area contributed by atoms with E-state index in [9.17, 15) is 0 Å². The molecule has 0 bridgehead atoms. The third kappa shape index (κ3) is 9.74. The zero-order valence-corrected chi connectivity index (χ0v) is 19.0.